The highest BCUT2D eigenvalue weighted by atomic mass is 15.1. The third-order valence-electron chi connectivity index (χ3n) is 5.48. The van der Waals surface area contributed by atoms with Gasteiger partial charge in [0.15, 0.2) is 0 Å². The Balaban J connectivity index is 2.12. The zero-order chi connectivity index (χ0) is 17.0. The van der Waals surface area contributed by atoms with Crippen LogP contribution in [0.25, 0.3) is 21.8 Å². The van der Waals surface area contributed by atoms with Crippen molar-refractivity contribution >= 4 is 21.8 Å². The average molecular weight is 322 g/mol. The van der Waals surface area contributed by atoms with E-state index in [1.807, 2.05) is 0 Å². The smallest absolute Gasteiger partial charge is 0.0496 e. The van der Waals surface area contributed by atoms with Gasteiger partial charge in [-0.25, -0.2) is 0 Å². The summed E-state index contributed by atoms with van der Waals surface area (Å²) in [6.07, 6.45) is 9.07. The van der Waals surface area contributed by atoms with Crippen molar-refractivity contribution < 1.29 is 0 Å². The van der Waals surface area contributed by atoms with Gasteiger partial charge < -0.3 is 4.57 Å². The Morgan fingerprint density at radius 2 is 1.29 bits per heavy atom. The Morgan fingerprint density at radius 1 is 0.708 bits per heavy atom. The molecule has 3 rings (SSSR count). The lowest BCUT2D eigenvalue weighted by Crippen LogP contribution is -2.29. The zero-order valence-corrected chi connectivity index (χ0v) is 15.5. The van der Waals surface area contributed by atoms with Crippen molar-refractivity contribution in [2.24, 2.45) is 0 Å². The fraction of sp³-hybridized carbons (Fsp3) is 0.478. The molecular formula is C23H31N. The van der Waals surface area contributed by atoms with Crippen LogP contribution in [0.4, 0.5) is 0 Å². The van der Waals surface area contributed by atoms with Crippen LogP contribution in [0.1, 0.15) is 65.7 Å². The maximum absolute atomic E-state index is 2.65. The maximum Gasteiger partial charge on any atom is 0.0496 e. The fourth-order valence-corrected chi connectivity index (χ4v) is 4.32. The third-order valence-corrected chi connectivity index (χ3v) is 5.48. The number of unbranched alkanes of at least 4 members (excludes halogenated alkanes) is 3. The first-order valence-electron chi connectivity index (χ1n) is 9.70. The third kappa shape index (κ3) is 3.09. The van der Waals surface area contributed by atoms with Crippen molar-refractivity contribution in [3.05, 3.63) is 48.5 Å². The molecule has 1 nitrogen and oxygen atoms in total. The van der Waals surface area contributed by atoms with Gasteiger partial charge >= 0.3 is 0 Å². The van der Waals surface area contributed by atoms with Crippen molar-refractivity contribution in [1.29, 1.82) is 0 Å². The number of hydrogen-bond acceptors (Lipinski definition) is 0. The van der Waals surface area contributed by atoms with Crippen LogP contribution in [-0.2, 0) is 5.54 Å². The summed E-state index contributed by atoms with van der Waals surface area (Å²) in [6.45, 7) is 7.08. The molecule has 24 heavy (non-hydrogen) atoms. The lowest BCUT2D eigenvalue weighted by atomic mass is 9.88. The second-order valence-corrected chi connectivity index (χ2v) is 7.43. The van der Waals surface area contributed by atoms with E-state index in [9.17, 15) is 0 Å². The molecule has 0 N–H and O–H groups in total. The molecule has 1 heteroatoms. The number of hydrogen-bond donors (Lipinski definition) is 0. The summed E-state index contributed by atoms with van der Waals surface area (Å²) in [7, 11) is 0. The molecule has 1 atom stereocenters. The Hall–Kier alpha value is -1.76. The minimum atomic E-state index is 0.200. The van der Waals surface area contributed by atoms with Gasteiger partial charge in [-0.2, -0.15) is 0 Å². The molecule has 0 aliphatic heterocycles. The summed E-state index contributed by atoms with van der Waals surface area (Å²) in [5.74, 6) is 0. The quantitative estimate of drug-likeness (QED) is 0.384. The van der Waals surface area contributed by atoms with Gasteiger partial charge in [0.1, 0.15) is 0 Å². The number of fused-ring (bicyclic) bond motifs is 3. The molecule has 0 bridgehead atoms. The van der Waals surface area contributed by atoms with Crippen LogP contribution >= 0.6 is 0 Å². The predicted octanol–water partition coefficient (Wildman–Crippen LogP) is 7.28. The molecule has 0 spiro atoms. The van der Waals surface area contributed by atoms with Crippen LogP contribution in [0.3, 0.4) is 0 Å². The molecule has 0 aliphatic rings. The highest BCUT2D eigenvalue weighted by Gasteiger charge is 2.28. The molecule has 3 aromatic rings. The molecule has 0 radical (unpaired) electrons. The van der Waals surface area contributed by atoms with E-state index in [-0.39, 0.29) is 5.54 Å². The minimum absolute atomic E-state index is 0.200. The van der Waals surface area contributed by atoms with E-state index in [0.717, 1.165) is 0 Å². The summed E-state index contributed by atoms with van der Waals surface area (Å²) in [5.41, 5.74) is 2.99. The summed E-state index contributed by atoms with van der Waals surface area (Å²) in [6, 6.07) is 17.8. The van der Waals surface area contributed by atoms with Crippen LogP contribution in [0.15, 0.2) is 48.5 Å². The molecular weight excluding hydrogens is 290 g/mol. The van der Waals surface area contributed by atoms with Crippen LogP contribution in [0, 0.1) is 0 Å². The lowest BCUT2D eigenvalue weighted by molar-refractivity contribution is 0.273. The van der Waals surface area contributed by atoms with Gasteiger partial charge in [-0.1, -0.05) is 82.3 Å². The van der Waals surface area contributed by atoms with E-state index < -0.39 is 0 Å². The average Bonchev–Trinajstić information content (AvgIpc) is 2.94. The van der Waals surface area contributed by atoms with Crippen LogP contribution in [-0.4, -0.2) is 4.57 Å². The minimum Gasteiger partial charge on any atom is -0.335 e. The van der Waals surface area contributed by atoms with Gasteiger partial charge in [-0.3, -0.25) is 0 Å². The lowest BCUT2D eigenvalue weighted by Gasteiger charge is -2.33. The number of benzene rings is 2. The van der Waals surface area contributed by atoms with Gasteiger partial charge in [0.2, 0.25) is 0 Å². The van der Waals surface area contributed by atoms with Gasteiger partial charge in [0.25, 0.3) is 0 Å². The van der Waals surface area contributed by atoms with E-state index in [1.54, 1.807) is 0 Å². The molecule has 0 saturated carbocycles. The Labute approximate surface area is 146 Å². The van der Waals surface area contributed by atoms with Crippen molar-refractivity contribution in [1.82, 2.24) is 4.57 Å². The topological polar surface area (TPSA) is 4.93 Å². The van der Waals surface area contributed by atoms with Crippen LogP contribution in [0.5, 0.6) is 0 Å². The fourth-order valence-electron chi connectivity index (χ4n) is 4.32. The predicted molar refractivity (Wildman–Crippen MR) is 107 cm³/mol. The van der Waals surface area contributed by atoms with Gasteiger partial charge in [0, 0.05) is 27.3 Å². The normalized spacial score (nSPS) is 14.3. The Morgan fingerprint density at radius 3 is 1.83 bits per heavy atom. The van der Waals surface area contributed by atoms with E-state index in [2.05, 4.69) is 73.9 Å². The van der Waals surface area contributed by atoms with Crippen molar-refractivity contribution in [3.8, 4) is 0 Å². The highest BCUT2D eigenvalue weighted by Crippen LogP contribution is 2.38. The number of aromatic nitrogens is 1. The van der Waals surface area contributed by atoms with Gasteiger partial charge in [0.05, 0.1) is 0 Å². The van der Waals surface area contributed by atoms with E-state index in [0.29, 0.717) is 0 Å². The van der Waals surface area contributed by atoms with E-state index >= 15 is 0 Å². The largest absolute Gasteiger partial charge is 0.335 e. The highest BCUT2D eigenvalue weighted by molar-refractivity contribution is 6.08. The van der Waals surface area contributed by atoms with Crippen LogP contribution in [0.2, 0.25) is 0 Å². The van der Waals surface area contributed by atoms with Crippen LogP contribution < -0.4 is 0 Å². The van der Waals surface area contributed by atoms with Crippen molar-refractivity contribution in [3.63, 3.8) is 0 Å². The summed E-state index contributed by atoms with van der Waals surface area (Å²) in [4.78, 5) is 0. The number of para-hydroxylation sites is 2. The maximum atomic E-state index is 2.65. The summed E-state index contributed by atoms with van der Waals surface area (Å²) < 4.78 is 2.65. The molecule has 1 aromatic heterocycles. The molecule has 0 aliphatic carbocycles. The zero-order valence-electron chi connectivity index (χ0n) is 15.5. The Kier molecular flexibility index (Phi) is 5.28. The van der Waals surface area contributed by atoms with E-state index in [4.69, 9.17) is 0 Å². The second-order valence-electron chi connectivity index (χ2n) is 7.43. The van der Waals surface area contributed by atoms with E-state index in [1.165, 1.54) is 66.8 Å². The first-order chi connectivity index (χ1) is 11.7. The first kappa shape index (κ1) is 17.1. The number of nitrogens with zero attached hydrogens (tertiary/aromatic N) is 1. The SMILES string of the molecule is CCCCCCC(C)(CCC)n1c2ccccc2c2ccccc21. The molecule has 2 aromatic carbocycles. The van der Waals surface area contributed by atoms with Crippen molar-refractivity contribution in [2.45, 2.75) is 71.3 Å². The molecule has 1 unspecified atom stereocenters. The van der Waals surface area contributed by atoms with Crippen molar-refractivity contribution in [2.75, 3.05) is 0 Å². The monoisotopic (exact) mass is 321 g/mol. The number of rotatable bonds is 8. The summed E-state index contributed by atoms with van der Waals surface area (Å²) in [5, 5.41) is 2.79. The first-order valence-corrected chi connectivity index (χ1v) is 9.70. The standard InChI is InChI=1S/C23H31N/c1-4-6-7-12-18-23(3,17-5-2)24-21-15-10-8-13-19(21)20-14-9-11-16-22(20)24/h8-11,13-16H,4-7,12,17-18H2,1-3H3. The summed E-state index contributed by atoms with van der Waals surface area (Å²) >= 11 is 0. The molecule has 0 fully saturated rings. The molecule has 1 heterocycles. The molecule has 0 amide bonds. The Bertz CT molecular complexity index is 745. The van der Waals surface area contributed by atoms with Gasteiger partial charge in [-0.15, -0.1) is 0 Å². The van der Waals surface area contributed by atoms with Gasteiger partial charge in [-0.05, 0) is 31.9 Å². The molecule has 128 valence electrons. The second kappa shape index (κ2) is 7.42. The molecule has 0 saturated heterocycles.